The lowest BCUT2D eigenvalue weighted by molar-refractivity contribution is -0.137. The summed E-state index contributed by atoms with van der Waals surface area (Å²) in [5, 5.41) is 6.10. The summed E-state index contributed by atoms with van der Waals surface area (Å²) >= 11 is 0. The average molecular weight is 623 g/mol. The van der Waals surface area contributed by atoms with Crippen molar-refractivity contribution in [3.63, 3.8) is 0 Å². The zero-order valence-corrected chi connectivity index (χ0v) is 25.2. The molecule has 1 spiro atoms. The number of pyridine rings is 1. The van der Waals surface area contributed by atoms with E-state index in [1.54, 1.807) is 18.2 Å². The number of carbonyl (C=O) groups excluding carboxylic acids is 1. The molecular formula is C32H37F3N8O2. The lowest BCUT2D eigenvalue weighted by Gasteiger charge is -2.39. The molecule has 2 saturated heterocycles. The highest BCUT2D eigenvalue weighted by molar-refractivity contribution is 5.94. The van der Waals surface area contributed by atoms with Gasteiger partial charge in [0.15, 0.2) is 0 Å². The highest BCUT2D eigenvalue weighted by atomic mass is 19.4. The number of hydrogen-bond acceptors (Lipinski definition) is 9. The minimum Gasteiger partial charge on any atom is -0.497 e. The van der Waals surface area contributed by atoms with Gasteiger partial charge in [-0.1, -0.05) is 25.0 Å². The maximum atomic E-state index is 14.2. The van der Waals surface area contributed by atoms with Crippen molar-refractivity contribution in [1.29, 1.82) is 0 Å². The fraction of sp³-hybridized carbons (Fsp3) is 0.500. The molecule has 13 heteroatoms. The van der Waals surface area contributed by atoms with Gasteiger partial charge in [0.1, 0.15) is 22.9 Å². The molecule has 1 unspecified atom stereocenters. The third-order valence-corrected chi connectivity index (χ3v) is 9.60. The van der Waals surface area contributed by atoms with Crippen LogP contribution in [0.2, 0.25) is 0 Å². The highest BCUT2D eigenvalue weighted by Crippen LogP contribution is 2.48. The van der Waals surface area contributed by atoms with Crippen LogP contribution in [-0.2, 0) is 23.9 Å². The Morgan fingerprint density at radius 3 is 2.53 bits per heavy atom. The van der Waals surface area contributed by atoms with Crippen LogP contribution in [0.3, 0.4) is 0 Å². The summed E-state index contributed by atoms with van der Waals surface area (Å²) in [6.45, 7) is 3.31. The topological polar surface area (TPSA) is 98.8 Å². The van der Waals surface area contributed by atoms with E-state index in [1.165, 1.54) is 6.20 Å². The number of methoxy groups -OCH3 is 1. The molecule has 4 aliphatic rings. The minimum atomic E-state index is -4.55. The summed E-state index contributed by atoms with van der Waals surface area (Å²) in [5.74, 6) is 1.71. The maximum absolute atomic E-state index is 14.2. The van der Waals surface area contributed by atoms with Gasteiger partial charge < -0.3 is 30.1 Å². The van der Waals surface area contributed by atoms with E-state index < -0.39 is 17.3 Å². The monoisotopic (exact) mass is 622 g/mol. The molecule has 2 aromatic heterocycles. The summed E-state index contributed by atoms with van der Waals surface area (Å²) in [6, 6.07) is 8.95. The van der Waals surface area contributed by atoms with E-state index in [-0.39, 0.29) is 29.4 Å². The van der Waals surface area contributed by atoms with Crippen LogP contribution in [0.5, 0.6) is 5.75 Å². The van der Waals surface area contributed by atoms with Gasteiger partial charge in [-0.2, -0.15) is 18.2 Å². The van der Waals surface area contributed by atoms with E-state index in [1.807, 2.05) is 29.2 Å². The van der Waals surface area contributed by atoms with Crippen molar-refractivity contribution < 1.29 is 22.7 Å². The second-order valence-electron chi connectivity index (χ2n) is 12.3. The van der Waals surface area contributed by atoms with Crippen LogP contribution in [0, 0.1) is 0 Å². The van der Waals surface area contributed by atoms with Crippen molar-refractivity contribution in [2.45, 2.75) is 62.8 Å². The number of hydrogen-bond donors (Lipinski definition) is 2. The number of fused-ring (bicyclic) bond motifs is 1. The van der Waals surface area contributed by atoms with E-state index in [0.717, 1.165) is 48.6 Å². The Labute approximate surface area is 260 Å². The number of carbonyl (C=O) groups is 1. The van der Waals surface area contributed by atoms with Crippen molar-refractivity contribution >= 4 is 29.2 Å². The first-order valence-corrected chi connectivity index (χ1v) is 15.6. The summed E-state index contributed by atoms with van der Waals surface area (Å²) < 4.78 is 47.8. The van der Waals surface area contributed by atoms with Gasteiger partial charge in [0.25, 0.3) is 0 Å². The van der Waals surface area contributed by atoms with Gasteiger partial charge in [-0.3, -0.25) is 4.79 Å². The molecule has 2 N–H and O–H groups in total. The fourth-order valence-corrected chi connectivity index (χ4v) is 7.41. The average Bonchev–Trinajstić information content (AvgIpc) is 3.76. The predicted molar refractivity (Wildman–Crippen MR) is 164 cm³/mol. The first-order valence-electron chi connectivity index (χ1n) is 15.6. The van der Waals surface area contributed by atoms with Crippen LogP contribution < -0.4 is 25.2 Å². The van der Waals surface area contributed by atoms with Gasteiger partial charge in [0, 0.05) is 63.5 Å². The number of ether oxygens (including phenoxy) is 1. The highest BCUT2D eigenvalue weighted by Gasteiger charge is 2.57. The SMILES string of the molecule is COc1ccc(CN2CCC3(Cc4cnc(Nc5cc(C(F)(F)F)c(N6CCNCC6)cn5)nc4N3C3CCCC3)C2=O)cc1. The molecule has 1 saturated carbocycles. The summed E-state index contributed by atoms with van der Waals surface area (Å²) in [4.78, 5) is 33.7. The Bertz CT molecular complexity index is 1560. The van der Waals surface area contributed by atoms with Gasteiger partial charge >= 0.3 is 6.18 Å². The smallest absolute Gasteiger partial charge is 0.418 e. The first-order chi connectivity index (χ1) is 21.7. The number of amides is 1. The molecule has 3 aliphatic heterocycles. The van der Waals surface area contributed by atoms with Gasteiger partial charge in [-0.05, 0) is 43.0 Å². The molecule has 3 aromatic rings. The lowest BCUT2D eigenvalue weighted by Crippen LogP contribution is -2.56. The Kier molecular flexibility index (Phi) is 7.66. The van der Waals surface area contributed by atoms with Crippen molar-refractivity contribution in [2.24, 2.45) is 0 Å². The molecule has 1 aliphatic carbocycles. The Morgan fingerprint density at radius 2 is 1.82 bits per heavy atom. The molecular weight excluding hydrogens is 585 g/mol. The second-order valence-corrected chi connectivity index (χ2v) is 12.3. The largest absolute Gasteiger partial charge is 0.497 e. The summed E-state index contributed by atoms with van der Waals surface area (Å²) in [7, 11) is 1.63. The van der Waals surface area contributed by atoms with E-state index in [0.29, 0.717) is 57.9 Å². The number of nitrogens with zero attached hydrogens (tertiary/aromatic N) is 6. The van der Waals surface area contributed by atoms with Gasteiger partial charge in [0.2, 0.25) is 11.9 Å². The van der Waals surface area contributed by atoms with Crippen molar-refractivity contribution in [3.05, 3.63) is 59.4 Å². The number of nitrogens with one attached hydrogen (secondary N) is 2. The van der Waals surface area contributed by atoms with Gasteiger partial charge in [0.05, 0.1) is 24.6 Å². The van der Waals surface area contributed by atoms with Gasteiger partial charge in [-0.25, -0.2) is 9.97 Å². The number of alkyl halides is 3. The quantitative estimate of drug-likeness (QED) is 0.394. The van der Waals surface area contributed by atoms with Crippen LogP contribution in [-0.4, -0.2) is 77.2 Å². The zero-order chi connectivity index (χ0) is 31.2. The fourth-order valence-electron chi connectivity index (χ4n) is 7.41. The number of halogens is 3. The van der Waals surface area contributed by atoms with E-state index in [9.17, 15) is 18.0 Å². The molecule has 1 amide bonds. The van der Waals surface area contributed by atoms with Crippen LogP contribution in [0.4, 0.5) is 36.4 Å². The Morgan fingerprint density at radius 1 is 1.07 bits per heavy atom. The number of anilines is 4. The molecule has 45 heavy (non-hydrogen) atoms. The molecule has 238 valence electrons. The van der Waals surface area contributed by atoms with Gasteiger partial charge in [-0.15, -0.1) is 0 Å². The number of rotatable bonds is 7. The standard InChI is InChI=1S/C32H37F3N8O2/c1-45-24-8-6-21(7-9-24)20-42-13-10-31(29(42)44)17-22-18-38-30(40-28(22)43(31)23-4-2-3-5-23)39-27-16-25(32(33,34)35)26(19-37-27)41-14-11-36-12-15-41/h6-9,16,18-19,23,36H,2-5,10-15,17,20H2,1H3,(H,37,38,39,40). The molecule has 5 heterocycles. The number of aromatic nitrogens is 3. The first kappa shape index (κ1) is 29.6. The maximum Gasteiger partial charge on any atom is 0.418 e. The van der Waals surface area contributed by atoms with Crippen molar-refractivity contribution in [2.75, 3.05) is 55.0 Å². The van der Waals surface area contributed by atoms with Crippen LogP contribution in [0.25, 0.3) is 0 Å². The van der Waals surface area contributed by atoms with Crippen LogP contribution >= 0.6 is 0 Å². The zero-order valence-electron chi connectivity index (χ0n) is 25.2. The molecule has 10 nitrogen and oxygen atoms in total. The van der Waals surface area contributed by atoms with E-state index in [2.05, 4.69) is 25.5 Å². The number of likely N-dealkylation sites (tertiary alicyclic amines) is 1. The molecule has 1 aromatic carbocycles. The third kappa shape index (κ3) is 5.51. The molecule has 0 bridgehead atoms. The van der Waals surface area contributed by atoms with E-state index in [4.69, 9.17) is 9.72 Å². The molecule has 0 radical (unpaired) electrons. The number of piperazine rings is 1. The van der Waals surface area contributed by atoms with Crippen molar-refractivity contribution in [1.82, 2.24) is 25.2 Å². The summed E-state index contributed by atoms with van der Waals surface area (Å²) in [5.41, 5.74) is 0.485. The second kappa shape index (κ2) is 11.7. The van der Waals surface area contributed by atoms with Crippen molar-refractivity contribution in [3.8, 4) is 5.75 Å². The Balaban J connectivity index is 1.16. The van der Waals surface area contributed by atoms with Crippen LogP contribution in [0.15, 0.2) is 42.7 Å². The lowest BCUT2D eigenvalue weighted by atomic mass is 9.91. The summed E-state index contributed by atoms with van der Waals surface area (Å²) in [6.07, 6.45) is 3.69. The molecule has 1 atom stereocenters. The van der Waals surface area contributed by atoms with E-state index >= 15 is 0 Å². The predicted octanol–water partition coefficient (Wildman–Crippen LogP) is 4.53. The minimum absolute atomic E-state index is 0.0175. The number of benzene rings is 1. The molecule has 3 fully saturated rings. The van der Waals surface area contributed by atoms with Crippen LogP contribution in [0.1, 0.15) is 48.8 Å². The molecule has 7 rings (SSSR count). The Hall–Kier alpha value is -4.13. The normalized spacial score (nSPS) is 22.0. The third-order valence-electron chi connectivity index (χ3n) is 9.60.